The molecule has 7 nitrogen and oxygen atoms in total. The smallest absolute Gasteiger partial charge is 0.329 e. The molecule has 112 valence electrons. The molecule has 0 aliphatic carbocycles. The van der Waals surface area contributed by atoms with Crippen molar-refractivity contribution in [2.24, 2.45) is 5.10 Å². The Morgan fingerprint density at radius 3 is 2.67 bits per heavy atom. The molecular formula is C14H17N3O4. The lowest BCUT2D eigenvalue weighted by molar-refractivity contribution is -0.139. The molecule has 0 radical (unpaired) electrons. The van der Waals surface area contributed by atoms with Gasteiger partial charge >= 0.3 is 11.8 Å². The molecule has 0 fully saturated rings. The third-order valence-corrected chi connectivity index (χ3v) is 2.42. The van der Waals surface area contributed by atoms with Crippen LogP contribution in [0.2, 0.25) is 0 Å². The Kier molecular flexibility index (Phi) is 6.46. The molecule has 0 aromatic heterocycles. The molecule has 0 aliphatic rings. The zero-order valence-electron chi connectivity index (χ0n) is 11.9. The summed E-state index contributed by atoms with van der Waals surface area (Å²) in [5, 5.41) is 6.04. The maximum Gasteiger partial charge on any atom is 0.329 e. The molecule has 0 heterocycles. The van der Waals surface area contributed by atoms with E-state index in [-0.39, 0.29) is 6.54 Å². The van der Waals surface area contributed by atoms with Gasteiger partial charge in [0.05, 0.1) is 20.4 Å². The van der Waals surface area contributed by atoms with Gasteiger partial charge in [0.15, 0.2) is 0 Å². The molecule has 1 rings (SSSR count). The number of hydrazone groups is 1. The Hall–Kier alpha value is -2.83. The van der Waals surface area contributed by atoms with Crippen LogP contribution in [-0.2, 0) is 9.59 Å². The van der Waals surface area contributed by atoms with Crippen LogP contribution in [0.5, 0.6) is 11.5 Å². The van der Waals surface area contributed by atoms with E-state index in [2.05, 4.69) is 22.4 Å². The fourth-order valence-electron chi connectivity index (χ4n) is 1.40. The van der Waals surface area contributed by atoms with E-state index in [0.29, 0.717) is 17.1 Å². The molecule has 0 saturated heterocycles. The van der Waals surface area contributed by atoms with Crippen LogP contribution < -0.4 is 20.2 Å². The number of benzene rings is 1. The van der Waals surface area contributed by atoms with Gasteiger partial charge in [-0.05, 0) is 18.2 Å². The van der Waals surface area contributed by atoms with E-state index in [9.17, 15) is 9.59 Å². The van der Waals surface area contributed by atoms with Crippen LogP contribution >= 0.6 is 0 Å². The first kappa shape index (κ1) is 16.2. The van der Waals surface area contributed by atoms with Crippen LogP contribution in [0, 0.1) is 0 Å². The number of amides is 2. The van der Waals surface area contributed by atoms with Crippen molar-refractivity contribution in [3.63, 3.8) is 0 Å². The molecule has 2 amide bonds. The van der Waals surface area contributed by atoms with Gasteiger partial charge in [0, 0.05) is 12.1 Å². The number of hydrogen-bond acceptors (Lipinski definition) is 5. The highest BCUT2D eigenvalue weighted by Gasteiger charge is 2.10. The first-order chi connectivity index (χ1) is 10.1. The average molecular weight is 291 g/mol. The van der Waals surface area contributed by atoms with E-state index in [1.807, 2.05) is 0 Å². The van der Waals surface area contributed by atoms with Crippen molar-refractivity contribution in [3.8, 4) is 11.5 Å². The second-order valence-corrected chi connectivity index (χ2v) is 3.81. The summed E-state index contributed by atoms with van der Waals surface area (Å²) in [7, 11) is 3.05. The highest BCUT2D eigenvalue weighted by atomic mass is 16.5. The van der Waals surface area contributed by atoms with Crippen molar-refractivity contribution in [2.75, 3.05) is 20.8 Å². The number of nitrogens with one attached hydrogen (secondary N) is 2. The predicted octanol–water partition coefficient (Wildman–Crippen LogP) is 0.456. The van der Waals surface area contributed by atoms with E-state index in [0.717, 1.165) is 0 Å². The van der Waals surface area contributed by atoms with Crippen molar-refractivity contribution in [1.82, 2.24) is 10.7 Å². The molecule has 1 aromatic carbocycles. The molecule has 0 spiro atoms. The summed E-state index contributed by atoms with van der Waals surface area (Å²) < 4.78 is 10.2. The van der Waals surface area contributed by atoms with Crippen molar-refractivity contribution < 1.29 is 19.1 Å². The van der Waals surface area contributed by atoms with E-state index in [1.165, 1.54) is 26.5 Å². The van der Waals surface area contributed by atoms with Crippen LogP contribution in [0.15, 0.2) is 36.0 Å². The summed E-state index contributed by atoms with van der Waals surface area (Å²) in [6.07, 6.45) is 2.83. The number of methoxy groups -OCH3 is 2. The van der Waals surface area contributed by atoms with Crippen molar-refractivity contribution in [1.29, 1.82) is 0 Å². The van der Waals surface area contributed by atoms with Gasteiger partial charge in [0.2, 0.25) is 0 Å². The number of hydrogen-bond donors (Lipinski definition) is 2. The lowest BCUT2D eigenvalue weighted by Gasteiger charge is -2.06. The largest absolute Gasteiger partial charge is 0.497 e. The first-order valence-corrected chi connectivity index (χ1v) is 6.06. The summed E-state index contributed by atoms with van der Waals surface area (Å²) in [6.45, 7) is 3.64. The van der Waals surface area contributed by atoms with Crippen LogP contribution in [0.4, 0.5) is 0 Å². The lowest BCUT2D eigenvalue weighted by Crippen LogP contribution is -2.37. The van der Waals surface area contributed by atoms with E-state index < -0.39 is 11.8 Å². The zero-order chi connectivity index (χ0) is 15.7. The topological polar surface area (TPSA) is 89.0 Å². The summed E-state index contributed by atoms with van der Waals surface area (Å²) in [4.78, 5) is 22.7. The van der Waals surface area contributed by atoms with E-state index in [4.69, 9.17) is 9.47 Å². The minimum absolute atomic E-state index is 0.208. The quantitative estimate of drug-likeness (QED) is 0.345. The second kappa shape index (κ2) is 8.36. The van der Waals surface area contributed by atoms with Gasteiger partial charge in [-0.1, -0.05) is 6.08 Å². The maximum absolute atomic E-state index is 11.4. The van der Waals surface area contributed by atoms with E-state index >= 15 is 0 Å². The highest BCUT2D eigenvalue weighted by Crippen LogP contribution is 2.22. The molecule has 0 unspecified atom stereocenters. The molecule has 0 atom stereocenters. The minimum atomic E-state index is -0.866. The van der Waals surface area contributed by atoms with Crippen molar-refractivity contribution >= 4 is 18.0 Å². The van der Waals surface area contributed by atoms with Gasteiger partial charge < -0.3 is 14.8 Å². The van der Waals surface area contributed by atoms with Gasteiger partial charge in [-0.25, -0.2) is 5.43 Å². The fraction of sp³-hybridized carbons (Fsp3) is 0.214. The standard InChI is InChI=1S/C14H17N3O4/c1-4-7-15-13(18)14(19)17-16-9-10-8-11(20-2)5-6-12(10)21-3/h4-6,8-9H,1,7H2,2-3H3,(H,15,18)(H,17,19)/b16-9-. The molecule has 0 aliphatic heterocycles. The van der Waals surface area contributed by atoms with Gasteiger partial charge in [0.1, 0.15) is 11.5 Å². The second-order valence-electron chi connectivity index (χ2n) is 3.81. The number of ether oxygens (including phenoxy) is 2. The van der Waals surface area contributed by atoms with Gasteiger partial charge in [-0.2, -0.15) is 5.10 Å². The number of nitrogens with zero attached hydrogens (tertiary/aromatic N) is 1. The third kappa shape index (κ3) is 4.98. The van der Waals surface area contributed by atoms with Crippen molar-refractivity contribution in [3.05, 3.63) is 36.4 Å². The Morgan fingerprint density at radius 2 is 2.05 bits per heavy atom. The molecule has 0 saturated carbocycles. The summed E-state index contributed by atoms with van der Waals surface area (Å²) in [5.41, 5.74) is 2.72. The zero-order valence-corrected chi connectivity index (χ0v) is 11.9. The van der Waals surface area contributed by atoms with Gasteiger partial charge in [0.25, 0.3) is 0 Å². The Bertz CT molecular complexity index is 555. The molecule has 21 heavy (non-hydrogen) atoms. The van der Waals surface area contributed by atoms with Crippen molar-refractivity contribution in [2.45, 2.75) is 0 Å². The Morgan fingerprint density at radius 1 is 1.29 bits per heavy atom. The molecule has 2 N–H and O–H groups in total. The highest BCUT2D eigenvalue weighted by molar-refractivity contribution is 6.35. The van der Waals surface area contributed by atoms with Crippen LogP contribution in [0.3, 0.4) is 0 Å². The summed E-state index contributed by atoms with van der Waals surface area (Å²) in [6, 6.07) is 5.13. The maximum atomic E-state index is 11.4. The number of carbonyl (C=O) groups is 2. The summed E-state index contributed by atoms with van der Waals surface area (Å²) in [5.74, 6) is -0.475. The predicted molar refractivity (Wildman–Crippen MR) is 78.5 cm³/mol. The minimum Gasteiger partial charge on any atom is -0.497 e. The molecule has 7 heteroatoms. The normalized spacial score (nSPS) is 10.0. The Labute approximate surface area is 122 Å². The summed E-state index contributed by atoms with van der Waals surface area (Å²) >= 11 is 0. The number of rotatable bonds is 6. The fourth-order valence-corrected chi connectivity index (χ4v) is 1.40. The number of carbonyl (C=O) groups excluding carboxylic acids is 2. The average Bonchev–Trinajstić information content (AvgIpc) is 2.52. The van der Waals surface area contributed by atoms with Crippen LogP contribution in [-0.4, -0.2) is 38.8 Å². The third-order valence-electron chi connectivity index (χ3n) is 2.42. The molecular weight excluding hydrogens is 274 g/mol. The lowest BCUT2D eigenvalue weighted by atomic mass is 10.2. The van der Waals surface area contributed by atoms with Crippen LogP contribution in [0.1, 0.15) is 5.56 Å². The molecule has 1 aromatic rings. The van der Waals surface area contributed by atoms with Crippen LogP contribution in [0.25, 0.3) is 0 Å². The van der Waals surface area contributed by atoms with E-state index in [1.54, 1.807) is 18.2 Å². The SMILES string of the molecule is C=CCNC(=O)C(=O)N/N=C\c1cc(OC)ccc1OC. The Balaban J connectivity index is 2.70. The van der Waals surface area contributed by atoms with Gasteiger partial charge in [-0.3, -0.25) is 9.59 Å². The van der Waals surface area contributed by atoms with Gasteiger partial charge in [-0.15, -0.1) is 6.58 Å². The monoisotopic (exact) mass is 291 g/mol. The molecule has 0 bridgehead atoms. The first-order valence-electron chi connectivity index (χ1n) is 6.06.